The summed E-state index contributed by atoms with van der Waals surface area (Å²) in [5.41, 5.74) is 2.81. The number of benzene rings is 1. The van der Waals surface area contributed by atoms with Crippen LogP contribution >= 0.6 is 11.6 Å². The van der Waals surface area contributed by atoms with Crippen molar-refractivity contribution in [3.63, 3.8) is 0 Å². The fourth-order valence-electron chi connectivity index (χ4n) is 6.42. The van der Waals surface area contributed by atoms with E-state index < -0.39 is 17.8 Å². The number of pyridine rings is 1. The molecule has 2 atom stereocenters. The van der Waals surface area contributed by atoms with Crippen LogP contribution in [0.1, 0.15) is 24.1 Å². The zero-order valence-corrected chi connectivity index (χ0v) is 24.9. The van der Waals surface area contributed by atoms with Gasteiger partial charge < -0.3 is 29.2 Å². The smallest absolute Gasteiger partial charge is 0.318 e. The van der Waals surface area contributed by atoms with Gasteiger partial charge in [-0.15, -0.1) is 0 Å². The second-order valence-electron chi connectivity index (χ2n) is 11.4. The van der Waals surface area contributed by atoms with Crippen LogP contribution in [0.25, 0.3) is 15.6 Å². The summed E-state index contributed by atoms with van der Waals surface area (Å²) in [7, 11) is 2.10. The van der Waals surface area contributed by atoms with E-state index in [1.54, 1.807) is 0 Å². The summed E-state index contributed by atoms with van der Waals surface area (Å²) in [6, 6.07) is 5.93. The van der Waals surface area contributed by atoms with Crippen LogP contribution in [0.4, 0.5) is 15.9 Å². The molecule has 1 amide bonds. The molecule has 12 heteroatoms. The molecule has 2 fully saturated rings. The van der Waals surface area contributed by atoms with Crippen LogP contribution in [-0.4, -0.2) is 95.7 Å². The van der Waals surface area contributed by atoms with Crippen molar-refractivity contribution in [2.75, 3.05) is 62.7 Å². The molecule has 3 aliphatic rings. The highest BCUT2D eigenvalue weighted by Crippen LogP contribution is 2.37. The van der Waals surface area contributed by atoms with Crippen molar-refractivity contribution in [3.8, 4) is 6.01 Å². The number of piperazine rings is 1. The highest BCUT2D eigenvalue weighted by atomic mass is 35.5. The number of likely N-dealkylation sites (N-methyl/N-ethyl adjacent to an activating group) is 1. The number of halogens is 2. The van der Waals surface area contributed by atoms with E-state index in [1.165, 1.54) is 4.90 Å². The van der Waals surface area contributed by atoms with Gasteiger partial charge in [0.2, 0.25) is 6.54 Å². The number of hydrogen-bond acceptors (Lipinski definition) is 8. The van der Waals surface area contributed by atoms with Crippen LogP contribution in [0.15, 0.2) is 43.0 Å². The van der Waals surface area contributed by atoms with Crippen molar-refractivity contribution in [3.05, 3.63) is 70.7 Å². The van der Waals surface area contributed by atoms with Gasteiger partial charge in [0.05, 0.1) is 29.1 Å². The van der Waals surface area contributed by atoms with Crippen LogP contribution in [0.2, 0.25) is 5.02 Å². The van der Waals surface area contributed by atoms with E-state index in [4.69, 9.17) is 32.9 Å². The van der Waals surface area contributed by atoms with Gasteiger partial charge in [-0.2, -0.15) is 9.97 Å². The molecule has 0 radical (unpaired) electrons. The number of amides is 1. The Bertz CT molecular complexity index is 1590. The highest BCUT2D eigenvalue weighted by Gasteiger charge is 2.36. The minimum atomic E-state index is -1.02. The molecule has 6 rings (SSSR count). The van der Waals surface area contributed by atoms with Crippen LogP contribution in [0, 0.1) is 6.57 Å². The third-order valence-corrected chi connectivity index (χ3v) is 9.04. The Morgan fingerprint density at radius 1 is 1.19 bits per heavy atom. The maximum atomic E-state index is 13.8. The monoisotopic (exact) mass is 604 g/mol. The van der Waals surface area contributed by atoms with E-state index in [-0.39, 0.29) is 13.1 Å². The summed E-state index contributed by atoms with van der Waals surface area (Å²) >= 11 is 6.65. The number of likely N-dealkylation sites (tertiary alicyclic amines) is 1. The molecule has 2 saturated heterocycles. The van der Waals surface area contributed by atoms with Gasteiger partial charge in [0.1, 0.15) is 18.5 Å². The third-order valence-electron chi connectivity index (χ3n) is 8.73. The molecule has 43 heavy (non-hydrogen) atoms. The van der Waals surface area contributed by atoms with E-state index in [0.717, 1.165) is 52.9 Å². The number of nitrogens with zero attached hydrogens (tertiary/aromatic N) is 8. The molecular weight excluding hydrogens is 571 g/mol. The minimum absolute atomic E-state index is 0.0583. The molecule has 1 aromatic carbocycles. The van der Waals surface area contributed by atoms with Crippen molar-refractivity contribution < 1.29 is 13.9 Å². The first-order valence-corrected chi connectivity index (χ1v) is 15.0. The Morgan fingerprint density at radius 2 is 2.05 bits per heavy atom. The molecule has 0 aliphatic carbocycles. The van der Waals surface area contributed by atoms with Crippen molar-refractivity contribution in [2.24, 2.45) is 0 Å². The first-order chi connectivity index (χ1) is 20.8. The Kier molecular flexibility index (Phi) is 8.32. The predicted molar refractivity (Wildman–Crippen MR) is 164 cm³/mol. The molecule has 0 saturated carbocycles. The van der Waals surface area contributed by atoms with Crippen molar-refractivity contribution in [1.29, 1.82) is 0 Å². The van der Waals surface area contributed by atoms with Gasteiger partial charge in [-0.05, 0) is 38.9 Å². The number of rotatable bonds is 7. The van der Waals surface area contributed by atoms with Gasteiger partial charge in [-0.1, -0.05) is 30.3 Å². The number of anilines is 2. The molecule has 224 valence electrons. The summed E-state index contributed by atoms with van der Waals surface area (Å²) < 4.78 is 20.0. The van der Waals surface area contributed by atoms with Crippen LogP contribution in [0.3, 0.4) is 0 Å². The molecule has 5 heterocycles. The molecular formula is C31H34ClFN8O2. The van der Waals surface area contributed by atoms with Crippen molar-refractivity contribution in [1.82, 2.24) is 24.8 Å². The quantitative estimate of drug-likeness (QED) is 0.294. The van der Waals surface area contributed by atoms with Crippen LogP contribution in [0.5, 0.6) is 6.01 Å². The van der Waals surface area contributed by atoms with E-state index in [2.05, 4.69) is 38.2 Å². The Morgan fingerprint density at radius 3 is 2.81 bits per heavy atom. The summed E-state index contributed by atoms with van der Waals surface area (Å²) in [5.74, 6) is -1.03. The molecule has 10 nitrogen and oxygen atoms in total. The molecule has 0 bridgehead atoms. The number of fused-ring (bicyclic) bond motifs is 2. The lowest BCUT2D eigenvalue weighted by Crippen LogP contribution is -2.57. The standard InChI is InChI=1S/C31H34ClFN8O2/c1-20(33)30(42)41-13-12-40(17-23(41)15-34-2)29-24-9-11-39(27-16-35-14-21-6-4-8-25(32)28(21)27)18-26(24)36-31(37-29)43-19-22-7-5-10-38(22)3/h4,6,8,14,16,22-23H,1,5,7,9-13,15,17-19H2,3H3/t22-,23-/m0/s1. The zero-order chi connectivity index (χ0) is 30.1. The van der Waals surface area contributed by atoms with E-state index in [1.807, 2.05) is 30.6 Å². The van der Waals surface area contributed by atoms with Crippen molar-refractivity contribution >= 4 is 39.8 Å². The van der Waals surface area contributed by atoms with Gasteiger partial charge in [-0.3, -0.25) is 9.78 Å². The third kappa shape index (κ3) is 5.82. The first kappa shape index (κ1) is 29.1. The van der Waals surface area contributed by atoms with Gasteiger partial charge in [0.15, 0.2) is 5.83 Å². The van der Waals surface area contributed by atoms with Gasteiger partial charge in [0.25, 0.3) is 5.91 Å². The van der Waals surface area contributed by atoms with E-state index in [9.17, 15) is 9.18 Å². The van der Waals surface area contributed by atoms with Gasteiger partial charge in [0, 0.05) is 54.8 Å². The van der Waals surface area contributed by atoms with Crippen LogP contribution < -0.4 is 14.5 Å². The normalized spacial score (nSPS) is 20.7. The summed E-state index contributed by atoms with van der Waals surface area (Å²) in [6.07, 6.45) is 6.53. The summed E-state index contributed by atoms with van der Waals surface area (Å²) in [6.45, 7) is 14.5. The Balaban J connectivity index is 1.34. The lowest BCUT2D eigenvalue weighted by Gasteiger charge is -2.41. The van der Waals surface area contributed by atoms with Gasteiger partial charge >= 0.3 is 6.01 Å². The highest BCUT2D eigenvalue weighted by molar-refractivity contribution is 6.36. The lowest BCUT2D eigenvalue weighted by molar-refractivity contribution is -0.131. The molecule has 0 spiro atoms. The van der Waals surface area contributed by atoms with Gasteiger partial charge in [-0.25, -0.2) is 11.0 Å². The lowest BCUT2D eigenvalue weighted by atomic mass is 10.0. The molecule has 3 aromatic rings. The second kappa shape index (κ2) is 12.3. The van der Waals surface area contributed by atoms with Crippen LogP contribution in [-0.2, 0) is 17.8 Å². The second-order valence-corrected chi connectivity index (χ2v) is 11.8. The fourth-order valence-corrected chi connectivity index (χ4v) is 6.70. The number of hydrogen-bond donors (Lipinski definition) is 0. The minimum Gasteiger partial charge on any atom is -0.462 e. The maximum Gasteiger partial charge on any atom is 0.318 e. The molecule has 0 N–H and O–H groups in total. The number of ether oxygens (including phenoxy) is 1. The molecule has 0 unspecified atom stereocenters. The summed E-state index contributed by atoms with van der Waals surface area (Å²) in [5, 5.41) is 2.59. The van der Waals surface area contributed by atoms with E-state index >= 15 is 0 Å². The predicted octanol–water partition coefficient (Wildman–Crippen LogP) is 4.13. The Labute approximate surface area is 255 Å². The fraction of sp³-hybridized carbons (Fsp3) is 0.452. The summed E-state index contributed by atoms with van der Waals surface area (Å²) in [4.78, 5) is 38.3. The maximum absolute atomic E-state index is 13.8. The number of carbonyl (C=O) groups is 1. The number of carbonyl (C=O) groups excluding carboxylic acids is 1. The Hall–Kier alpha value is -4.01. The largest absolute Gasteiger partial charge is 0.462 e. The molecule has 3 aliphatic heterocycles. The first-order valence-electron chi connectivity index (χ1n) is 14.6. The van der Waals surface area contributed by atoms with E-state index in [0.29, 0.717) is 56.3 Å². The zero-order valence-electron chi connectivity index (χ0n) is 24.2. The average Bonchev–Trinajstić information content (AvgIpc) is 3.43. The SMILES string of the molecule is [C-]#[N+]C[C@H]1CN(c2nc(OC[C@@H]3CCCN3C)nc3c2CCN(c2cncc4cccc(Cl)c24)C3)CCN1C(=O)C(=C)F. The van der Waals surface area contributed by atoms with Crippen molar-refractivity contribution in [2.45, 2.75) is 37.9 Å². The molecule has 2 aromatic heterocycles. The number of aromatic nitrogens is 3. The topological polar surface area (TPSA) is 82.3 Å². The average molecular weight is 605 g/mol.